The van der Waals surface area contributed by atoms with E-state index in [4.69, 9.17) is 14.4 Å². The molecule has 0 fully saturated rings. The van der Waals surface area contributed by atoms with Crippen molar-refractivity contribution in [3.8, 4) is 5.69 Å². The summed E-state index contributed by atoms with van der Waals surface area (Å²) in [5.74, 6) is 1.44. The molecule has 4 heterocycles. The molecule has 51 heavy (non-hydrogen) atoms. The summed E-state index contributed by atoms with van der Waals surface area (Å²) < 4.78 is 11.4. The second-order valence-electron chi connectivity index (χ2n) is 13.0. The van der Waals surface area contributed by atoms with E-state index in [0.717, 1.165) is 71.9 Å². The van der Waals surface area contributed by atoms with E-state index >= 15 is 0 Å². The van der Waals surface area contributed by atoms with Crippen LogP contribution < -0.4 is 5.32 Å². The van der Waals surface area contributed by atoms with E-state index < -0.39 is 6.29 Å². The van der Waals surface area contributed by atoms with Gasteiger partial charge in [0.2, 0.25) is 6.29 Å². The molecule has 7 aromatic carbocycles. The second-order valence-corrected chi connectivity index (χ2v) is 13.0. The van der Waals surface area contributed by atoms with Crippen LogP contribution in [0.15, 0.2) is 178 Å². The van der Waals surface area contributed by atoms with Crippen LogP contribution in [-0.4, -0.2) is 20.8 Å². The number of para-hydroxylation sites is 3. The lowest BCUT2D eigenvalue weighted by atomic mass is 10.1. The number of hydrogen-bond donors (Lipinski definition) is 1. The Morgan fingerprint density at radius 2 is 1.16 bits per heavy atom. The van der Waals surface area contributed by atoms with Gasteiger partial charge in [0, 0.05) is 49.1 Å². The summed E-state index contributed by atoms with van der Waals surface area (Å²) in [5, 5.41) is 10.6. The Labute approximate surface area is 292 Å². The normalized spacial score (nSPS) is 14.9. The van der Waals surface area contributed by atoms with Gasteiger partial charge >= 0.3 is 0 Å². The van der Waals surface area contributed by atoms with E-state index in [1.165, 1.54) is 16.3 Å². The van der Waals surface area contributed by atoms with Gasteiger partial charge in [-0.05, 0) is 42.5 Å². The lowest BCUT2D eigenvalue weighted by Gasteiger charge is -2.26. The molecule has 10 aromatic rings. The van der Waals surface area contributed by atoms with Crippen molar-refractivity contribution in [1.82, 2.24) is 14.5 Å². The number of fused-ring (bicyclic) bond motifs is 10. The molecule has 0 saturated carbocycles. The first-order chi connectivity index (χ1) is 25.3. The molecule has 240 valence electrons. The van der Waals surface area contributed by atoms with Crippen LogP contribution in [0.4, 0.5) is 0 Å². The van der Waals surface area contributed by atoms with Crippen LogP contribution in [0.5, 0.6) is 0 Å². The molecule has 0 radical (unpaired) electrons. The fourth-order valence-electron chi connectivity index (χ4n) is 7.91. The number of furan rings is 1. The summed E-state index contributed by atoms with van der Waals surface area (Å²) in [6.45, 7) is 0. The summed E-state index contributed by atoms with van der Waals surface area (Å²) in [4.78, 5) is 10.5. The van der Waals surface area contributed by atoms with Crippen molar-refractivity contribution in [2.45, 2.75) is 6.29 Å². The summed E-state index contributed by atoms with van der Waals surface area (Å²) in [5.41, 5.74) is 9.10. The molecule has 6 heteroatoms. The Balaban J connectivity index is 1.28. The zero-order chi connectivity index (χ0) is 33.5. The van der Waals surface area contributed by atoms with Crippen molar-refractivity contribution in [3.05, 3.63) is 175 Å². The smallest absolute Gasteiger partial charge is 0.204 e. The van der Waals surface area contributed by atoms with Gasteiger partial charge in [-0.3, -0.25) is 4.57 Å². The van der Waals surface area contributed by atoms with Crippen molar-refractivity contribution in [1.29, 1.82) is 0 Å². The molecule has 3 aromatic heterocycles. The average Bonchev–Trinajstić information content (AvgIpc) is 3.85. The second kappa shape index (κ2) is 10.8. The molecule has 1 N–H and O–H groups in total. The summed E-state index contributed by atoms with van der Waals surface area (Å²) in [6.07, 6.45) is -0.529. The number of hydrogen-bond acceptors (Lipinski definition) is 4. The molecular weight excluding hydrogens is 627 g/mol. The predicted octanol–water partition coefficient (Wildman–Crippen LogP) is 10.7. The maximum Gasteiger partial charge on any atom is 0.204 e. The Morgan fingerprint density at radius 1 is 0.510 bits per heavy atom. The van der Waals surface area contributed by atoms with Crippen LogP contribution in [-0.2, 0) is 0 Å². The molecule has 0 saturated heterocycles. The van der Waals surface area contributed by atoms with Gasteiger partial charge < -0.3 is 14.3 Å². The molecule has 0 bridgehead atoms. The molecule has 1 aliphatic heterocycles. The van der Waals surface area contributed by atoms with E-state index in [1.54, 1.807) is 0 Å². The average molecular weight is 656 g/mol. The molecule has 0 amide bonds. The van der Waals surface area contributed by atoms with Gasteiger partial charge in [0.05, 0.1) is 22.1 Å². The highest BCUT2D eigenvalue weighted by molar-refractivity contribution is 6.24. The molecule has 1 atom stereocenters. The lowest BCUT2D eigenvalue weighted by Crippen LogP contribution is -2.36. The third-order valence-corrected chi connectivity index (χ3v) is 10.2. The monoisotopic (exact) mass is 655 g/mol. The maximum absolute atomic E-state index is 6.76. The summed E-state index contributed by atoms with van der Waals surface area (Å²) >= 11 is 0. The highest BCUT2D eigenvalue weighted by Gasteiger charge is 2.28. The molecule has 0 spiro atoms. The van der Waals surface area contributed by atoms with Crippen molar-refractivity contribution >= 4 is 77.2 Å². The Bertz CT molecular complexity index is 3040. The minimum absolute atomic E-state index is 0.529. The van der Waals surface area contributed by atoms with Crippen molar-refractivity contribution < 1.29 is 4.42 Å². The van der Waals surface area contributed by atoms with Crippen molar-refractivity contribution in [3.63, 3.8) is 0 Å². The molecule has 0 aliphatic carbocycles. The van der Waals surface area contributed by atoms with Gasteiger partial charge in [-0.2, -0.15) is 0 Å². The largest absolute Gasteiger partial charge is 0.454 e. The topological polar surface area (TPSA) is 59.8 Å². The standard InChI is InChI=1S/C45H29N5O/c1-4-14-28(15-5-1)43-46-44(29-16-6-2-7-17-29)48-45(47-43)50-39-27-38-35(31-20-10-12-22-37(31)49(38)30-18-8-3-9-19-30)26-36(39)33-24-25-34-32-21-11-13-23-40(32)51-42(34)41(33)50/h1-27,45H,(H,46,47,48). The van der Waals surface area contributed by atoms with Crippen molar-refractivity contribution in [2.75, 3.05) is 0 Å². The molecule has 6 nitrogen and oxygen atoms in total. The van der Waals surface area contributed by atoms with E-state index in [-0.39, 0.29) is 0 Å². The Kier molecular flexibility index (Phi) is 5.92. The van der Waals surface area contributed by atoms with Gasteiger partial charge in [-0.15, -0.1) is 0 Å². The SMILES string of the molecule is c1ccc(C2=NC(n3c4cc5c(cc4c4ccc6c7ccccc7oc6c43)c3ccccc3n5-c3ccccc3)NC(c3ccccc3)=N2)cc1. The summed E-state index contributed by atoms with van der Waals surface area (Å²) in [6, 6.07) is 57.2. The zero-order valence-corrected chi connectivity index (χ0v) is 27.4. The van der Waals surface area contributed by atoms with E-state index in [9.17, 15) is 0 Å². The van der Waals surface area contributed by atoms with Crippen molar-refractivity contribution in [2.24, 2.45) is 9.98 Å². The van der Waals surface area contributed by atoms with Crippen LogP contribution in [0, 0.1) is 0 Å². The van der Waals surface area contributed by atoms with E-state index in [2.05, 4.69) is 130 Å². The number of nitrogens with zero attached hydrogens (tertiary/aromatic N) is 4. The summed E-state index contributed by atoms with van der Waals surface area (Å²) in [7, 11) is 0. The number of nitrogens with one attached hydrogen (secondary N) is 1. The lowest BCUT2D eigenvalue weighted by molar-refractivity contribution is 0.514. The Morgan fingerprint density at radius 3 is 1.96 bits per heavy atom. The van der Waals surface area contributed by atoms with Crippen LogP contribution in [0.3, 0.4) is 0 Å². The fourth-order valence-corrected chi connectivity index (χ4v) is 7.91. The Hall–Kier alpha value is -6.92. The molecular formula is C45H29N5O. The first-order valence-corrected chi connectivity index (χ1v) is 17.2. The van der Waals surface area contributed by atoms with Gasteiger partial charge in [0.15, 0.2) is 11.4 Å². The third kappa shape index (κ3) is 4.17. The number of aromatic nitrogens is 2. The maximum atomic E-state index is 6.76. The first kappa shape index (κ1) is 28.0. The van der Waals surface area contributed by atoms with Crippen LogP contribution in [0.1, 0.15) is 17.4 Å². The number of rotatable bonds is 4. The molecule has 1 unspecified atom stereocenters. The van der Waals surface area contributed by atoms with Crippen LogP contribution in [0.2, 0.25) is 0 Å². The molecule has 11 rings (SSSR count). The van der Waals surface area contributed by atoms with Crippen LogP contribution in [0.25, 0.3) is 71.2 Å². The minimum Gasteiger partial charge on any atom is -0.454 e. The first-order valence-electron chi connectivity index (χ1n) is 17.2. The highest BCUT2D eigenvalue weighted by Crippen LogP contribution is 2.43. The fraction of sp³-hybridized carbons (Fsp3) is 0.0222. The van der Waals surface area contributed by atoms with Gasteiger partial charge in [-0.25, -0.2) is 9.98 Å². The van der Waals surface area contributed by atoms with E-state index in [0.29, 0.717) is 5.84 Å². The number of benzene rings is 7. The highest BCUT2D eigenvalue weighted by atomic mass is 16.3. The number of amidine groups is 2. The van der Waals surface area contributed by atoms with E-state index in [1.807, 2.05) is 48.5 Å². The molecule has 1 aliphatic rings. The van der Waals surface area contributed by atoms with Gasteiger partial charge in [-0.1, -0.05) is 121 Å². The minimum atomic E-state index is -0.529. The zero-order valence-electron chi connectivity index (χ0n) is 27.4. The quantitative estimate of drug-likeness (QED) is 0.205. The third-order valence-electron chi connectivity index (χ3n) is 10.2. The predicted molar refractivity (Wildman–Crippen MR) is 209 cm³/mol. The van der Waals surface area contributed by atoms with Gasteiger partial charge in [0.1, 0.15) is 11.4 Å². The number of aliphatic imine (C=N–C) groups is 2. The van der Waals surface area contributed by atoms with Gasteiger partial charge in [0.25, 0.3) is 0 Å². The van der Waals surface area contributed by atoms with Crippen LogP contribution >= 0.6 is 0 Å².